The van der Waals surface area contributed by atoms with Crippen molar-refractivity contribution in [3.63, 3.8) is 0 Å². The van der Waals surface area contributed by atoms with Gasteiger partial charge in [-0.3, -0.25) is 4.57 Å². The van der Waals surface area contributed by atoms with Gasteiger partial charge in [0.2, 0.25) is 5.95 Å². The number of hydrogen-bond acceptors (Lipinski definition) is 3. The highest BCUT2D eigenvalue weighted by molar-refractivity contribution is 7.25. The topological polar surface area (TPSA) is 35.6 Å². The van der Waals surface area contributed by atoms with Crippen molar-refractivity contribution < 1.29 is 0 Å². The van der Waals surface area contributed by atoms with Crippen molar-refractivity contribution in [1.82, 2.24) is 19.1 Å². The SMILES string of the molecule is c1ccc(-c2ccc(-n3c4ccccc4c4cc(-c5ccc6c7ccccc7n(-c7ncc8sc9ccccc9c8n7)c6c5)ccc43)cc2)cc1. The quantitative estimate of drug-likeness (QED) is 0.187. The molecular weight excluding hydrogens is 641 g/mol. The van der Waals surface area contributed by atoms with E-state index in [4.69, 9.17) is 9.97 Å². The van der Waals surface area contributed by atoms with Gasteiger partial charge in [-0.1, -0.05) is 115 Å². The molecule has 0 unspecified atom stereocenters. The van der Waals surface area contributed by atoms with Crippen LogP contribution in [0.2, 0.25) is 0 Å². The van der Waals surface area contributed by atoms with Gasteiger partial charge in [0, 0.05) is 37.3 Å². The van der Waals surface area contributed by atoms with Gasteiger partial charge < -0.3 is 4.57 Å². The van der Waals surface area contributed by atoms with Gasteiger partial charge >= 0.3 is 0 Å². The molecule has 0 saturated heterocycles. The Morgan fingerprint density at radius 1 is 0.392 bits per heavy atom. The van der Waals surface area contributed by atoms with Crippen LogP contribution in [0.25, 0.3) is 97.8 Å². The third-order valence-corrected chi connectivity index (χ3v) is 11.3. The molecule has 4 nitrogen and oxygen atoms in total. The summed E-state index contributed by atoms with van der Waals surface area (Å²) in [6.45, 7) is 0. The molecule has 0 aliphatic heterocycles. The van der Waals surface area contributed by atoms with Gasteiger partial charge in [0.1, 0.15) is 0 Å². The van der Waals surface area contributed by atoms with Crippen molar-refractivity contribution in [3.8, 4) is 33.9 Å². The van der Waals surface area contributed by atoms with Crippen molar-refractivity contribution in [2.75, 3.05) is 0 Å². The molecule has 0 spiro atoms. The third-order valence-electron chi connectivity index (χ3n) is 10.2. The summed E-state index contributed by atoms with van der Waals surface area (Å²) >= 11 is 1.74. The van der Waals surface area contributed by atoms with Crippen molar-refractivity contribution in [1.29, 1.82) is 0 Å². The summed E-state index contributed by atoms with van der Waals surface area (Å²) in [7, 11) is 0. The zero-order chi connectivity index (χ0) is 33.5. The van der Waals surface area contributed by atoms with Crippen LogP contribution in [0.5, 0.6) is 0 Å². The first-order chi connectivity index (χ1) is 25.3. The Balaban J connectivity index is 1.08. The zero-order valence-electron chi connectivity index (χ0n) is 27.4. The highest BCUT2D eigenvalue weighted by atomic mass is 32.1. The largest absolute Gasteiger partial charge is 0.309 e. The predicted octanol–water partition coefficient (Wildman–Crippen LogP) is 12.4. The summed E-state index contributed by atoms with van der Waals surface area (Å²) in [4.78, 5) is 10.1. The average molecular weight is 669 g/mol. The molecule has 0 radical (unpaired) electrons. The van der Waals surface area contributed by atoms with Crippen LogP contribution in [0.15, 0.2) is 170 Å². The Labute approximate surface area is 297 Å². The molecule has 0 N–H and O–H groups in total. The lowest BCUT2D eigenvalue weighted by Crippen LogP contribution is -2.00. The fourth-order valence-electron chi connectivity index (χ4n) is 7.84. The molecule has 238 valence electrons. The highest BCUT2D eigenvalue weighted by Gasteiger charge is 2.18. The lowest BCUT2D eigenvalue weighted by Gasteiger charge is -2.10. The molecule has 0 atom stereocenters. The van der Waals surface area contributed by atoms with Gasteiger partial charge in [-0.25, -0.2) is 9.97 Å². The number of para-hydroxylation sites is 2. The minimum atomic E-state index is 0.686. The fraction of sp³-hybridized carbons (Fsp3) is 0. The maximum absolute atomic E-state index is 5.20. The van der Waals surface area contributed by atoms with E-state index < -0.39 is 0 Å². The highest BCUT2D eigenvalue weighted by Crippen LogP contribution is 2.39. The Kier molecular flexibility index (Phi) is 6.09. The predicted molar refractivity (Wildman–Crippen MR) is 214 cm³/mol. The number of thiophene rings is 1. The minimum Gasteiger partial charge on any atom is -0.309 e. The van der Waals surface area contributed by atoms with Gasteiger partial charge in [-0.2, -0.15) is 0 Å². The van der Waals surface area contributed by atoms with Crippen LogP contribution in [0, 0.1) is 0 Å². The smallest absolute Gasteiger partial charge is 0.235 e. The van der Waals surface area contributed by atoms with Gasteiger partial charge in [-0.15, -0.1) is 11.3 Å². The summed E-state index contributed by atoms with van der Waals surface area (Å²) in [6, 6.07) is 58.9. The van der Waals surface area contributed by atoms with E-state index in [1.807, 2.05) is 6.20 Å². The first kappa shape index (κ1) is 28.3. The van der Waals surface area contributed by atoms with Crippen LogP contribution < -0.4 is 0 Å². The summed E-state index contributed by atoms with van der Waals surface area (Å²) in [6.07, 6.45) is 1.98. The normalized spacial score (nSPS) is 11.9. The van der Waals surface area contributed by atoms with E-state index >= 15 is 0 Å². The number of hydrogen-bond donors (Lipinski definition) is 0. The molecule has 4 heterocycles. The Bertz CT molecular complexity index is 3130. The second-order valence-corrected chi connectivity index (χ2v) is 14.1. The Morgan fingerprint density at radius 3 is 1.80 bits per heavy atom. The molecule has 0 saturated carbocycles. The molecule has 0 aliphatic carbocycles. The summed E-state index contributed by atoms with van der Waals surface area (Å²) in [5, 5.41) is 6.01. The lowest BCUT2D eigenvalue weighted by molar-refractivity contribution is 1.01. The average Bonchev–Trinajstić information content (AvgIpc) is 3.85. The molecule has 0 fully saturated rings. The number of benzene rings is 7. The van der Waals surface area contributed by atoms with Gasteiger partial charge in [0.15, 0.2) is 0 Å². The van der Waals surface area contributed by atoms with E-state index in [2.05, 4.69) is 173 Å². The van der Waals surface area contributed by atoms with Gasteiger partial charge in [-0.05, 0) is 70.8 Å². The summed E-state index contributed by atoms with van der Waals surface area (Å²) in [5.41, 5.74) is 11.5. The fourth-order valence-corrected chi connectivity index (χ4v) is 8.85. The molecule has 0 amide bonds. The number of rotatable bonds is 4. The first-order valence-electron chi connectivity index (χ1n) is 17.2. The molecular formula is C46H28N4S. The van der Waals surface area contributed by atoms with Crippen molar-refractivity contribution in [2.24, 2.45) is 0 Å². The maximum atomic E-state index is 5.20. The van der Waals surface area contributed by atoms with Crippen LogP contribution in [0.3, 0.4) is 0 Å². The maximum Gasteiger partial charge on any atom is 0.235 e. The first-order valence-corrected chi connectivity index (χ1v) is 18.0. The van der Waals surface area contributed by atoms with Crippen LogP contribution in [0.1, 0.15) is 0 Å². The molecule has 0 aliphatic rings. The third kappa shape index (κ3) is 4.32. The van der Waals surface area contributed by atoms with Gasteiger partial charge in [0.05, 0.1) is 38.5 Å². The summed E-state index contributed by atoms with van der Waals surface area (Å²) in [5.74, 6) is 0.686. The van der Waals surface area contributed by atoms with Crippen LogP contribution in [-0.4, -0.2) is 19.1 Å². The van der Waals surface area contributed by atoms with Gasteiger partial charge in [0.25, 0.3) is 0 Å². The van der Waals surface area contributed by atoms with Crippen LogP contribution in [-0.2, 0) is 0 Å². The van der Waals surface area contributed by atoms with E-state index in [1.165, 1.54) is 59.4 Å². The molecule has 11 rings (SSSR count). The monoisotopic (exact) mass is 668 g/mol. The van der Waals surface area contributed by atoms with E-state index in [-0.39, 0.29) is 0 Å². The second-order valence-electron chi connectivity index (χ2n) is 13.1. The number of aromatic nitrogens is 4. The van der Waals surface area contributed by atoms with E-state index in [9.17, 15) is 0 Å². The molecule has 51 heavy (non-hydrogen) atoms. The van der Waals surface area contributed by atoms with Crippen LogP contribution >= 0.6 is 11.3 Å². The molecule has 7 aromatic carbocycles. The van der Waals surface area contributed by atoms with E-state index in [1.54, 1.807) is 11.3 Å². The standard InChI is InChI=1S/C46H28N4S/c1-2-10-29(11-3-1)30-18-22-33(23-19-30)49-39-15-7-5-13-35(39)38-26-31(21-25-41(38)49)32-20-24-36-34-12-4-8-16-40(34)50(42(36)27-32)46-47-28-44-45(48-46)37-14-6-9-17-43(37)51-44/h1-28H. The Hall–Kier alpha value is -6.56. The minimum absolute atomic E-state index is 0.686. The van der Waals surface area contributed by atoms with E-state index in [0.717, 1.165) is 32.5 Å². The van der Waals surface area contributed by atoms with Crippen molar-refractivity contribution in [2.45, 2.75) is 0 Å². The van der Waals surface area contributed by atoms with Crippen molar-refractivity contribution in [3.05, 3.63) is 170 Å². The lowest BCUT2D eigenvalue weighted by atomic mass is 10.0. The molecule has 11 aromatic rings. The molecule has 0 bridgehead atoms. The van der Waals surface area contributed by atoms with E-state index in [0.29, 0.717) is 5.95 Å². The molecule has 4 aromatic heterocycles. The molecule has 5 heteroatoms. The zero-order valence-corrected chi connectivity index (χ0v) is 28.2. The number of nitrogens with zero attached hydrogens (tertiary/aromatic N) is 4. The van der Waals surface area contributed by atoms with Crippen LogP contribution in [0.4, 0.5) is 0 Å². The van der Waals surface area contributed by atoms with Crippen molar-refractivity contribution >= 4 is 75.3 Å². The summed E-state index contributed by atoms with van der Waals surface area (Å²) < 4.78 is 6.93. The Morgan fingerprint density at radius 2 is 0.980 bits per heavy atom. The number of fused-ring (bicyclic) bond motifs is 9. The second kappa shape index (κ2) is 11.0.